The van der Waals surface area contributed by atoms with E-state index >= 15 is 0 Å². The van der Waals surface area contributed by atoms with Gasteiger partial charge < -0.3 is 15.6 Å². The van der Waals surface area contributed by atoms with E-state index < -0.39 is 0 Å². The third-order valence-electron chi connectivity index (χ3n) is 3.12. The van der Waals surface area contributed by atoms with Crippen LogP contribution in [0.15, 0.2) is 24.5 Å². The van der Waals surface area contributed by atoms with Crippen LogP contribution in [0.2, 0.25) is 0 Å². The molecule has 5 nitrogen and oxygen atoms in total. The van der Waals surface area contributed by atoms with Gasteiger partial charge in [-0.1, -0.05) is 0 Å². The van der Waals surface area contributed by atoms with Crippen LogP contribution in [0.5, 0.6) is 0 Å². The molecule has 20 heavy (non-hydrogen) atoms. The molecule has 0 saturated carbocycles. The summed E-state index contributed by atoms with van der Waals surface area (Å²) in [6.45, 7) is 7.75. The number of aromatic nitrogens is 2. The van der Waals surface area contributed by atoms with Crippen LogP contribution >= 0.6 is 0 Å². The van der Waals surface area contributed by atoms with Crippen LogP contribution in [0.25, 0.3) is 11.0 Å². The Morgan fingerprint density at radius 1 is 1.45 bits per heavy atom. The average Bonchev–Trinajstić information content (AvgIpc) is 2.71. The van der Waals surface area contributed by atoms with Crippen molar-refractivity contribution in [3.05, 3.63) is 30.1 Å². The second kappa shape index (κ2) is 5.63. The third-order valence-corrected chi connectivity index (χ3v) is 3.12. The Kier molecular flexibility index (Phi) is 4.09. The van der Waals surface area contributed by atoms with E-state index in [1.54, 1.807) is 6.20 Å². The highest BCUT2D eigenvalue weighted by Crippen LogP contribution is 2.20. The number of rotatable bonds is 5. The normalized spacial score (nSPS) is 11.9. The lowest BCUT2D eigenvalue weighted by molar-refractivity contribution is -0.118. The highest BCUT2D eigenvalue weighted by molar-refractivity contribution is 5.80. The third kappa shape index (κ3) is 3.57. The Bertz CT molecular complexity index is 610. The molecule has 3 N–H and O–H groups in total. The molecule has 0 aliphatic heterocycles. The molecule has 108 valence electrons. The minimum atomic E-state index is -0.294. The fourth-order valence-corrected chi connectivity index (χ4v) is 2.10. The quantitative estimate of drug-likeness (QED) is 0.873. The van der Waals surface area contributed by atoms with E-state index in [2.05, 4.69) is 43.3 Å². The van der Waals surface area contributed by atoms with Gasteiger partial charge in [0, 0.05) is 42.8 Å². The van der Waals surface area contributed by atoms with Crippen molar-refractivity contribution < 1.29 is 4.79 Å². The van der Waals surface area contributed by atoms with Crippen LogP contribution in [-0.2, 0) is 17.9 Å². The van der Waals surface area contributed by atoms with E-state index in [0.29, 0.717) is 13.0 Å². The first kappa shape index (κ1) is 14.5. The van der Waals surface area contributed by atoms with Gasteiger partial charge in [0.2, 0.25) is 5.91 Å². The summed E-state index contributed by atoms with van der Waals surface area (Å²) in [5, 5.41) is 4.59. The van der Waals surface area contributed by atoms with Crippen molar-refractivity contribution in [2.45, 2.75) is 45.8 Å². The van der Waals surface area contributed by atoms with Gasteiger partial charge in [-0.2, -0.15) is 0 Å². The van der Waals surface area contributed by atoms with Crippen molar-refractivity contribution in [3.63, 3.8) is 0 Å². The van der Waals surface area contributed by atoms with Crippen LogP contribution < -0.4 is 11.1 Å². The standard InChI is InChI=1S/C15H22N4O/c1-15(2,3)18-9-11-10-19(8-6-13(16)20)14-12(11)5-4-7-17-14/h4-5,7,10,18H,6,8-9H2,1-3H3,(H2,16,20). The molecule has 2 aromatic rings. The lowest BCUT2D eigenvalue weighted by Gasteiger charge is -2.20. The van der Waals surface area contributed by atoms with Gasteiger partial charge >= 0.3 is 0 Å². The van der Waals surface area contributed by atoms with Gasteiger partial charge in [-0.3, -0.25) is 4.79 Å². The SMILES string of the molecule is CC(C)(C)NCc1cn(CCC(N)=O)c2ncccc12. The number of aryl methyl sites for hydroxylation is 1. The van der Waals surface area contributed by atoms with E-state index in [0.717, 1.165) is 17.6 Å². The summed E-state index contributed by atoms with van der Waals surface area (Å²) < 4.78 is 2.00. The van der Waals surface area contributed by atoms with E-state index in [-0.39, 0.29) is 11.4 Å². The van der Waals surface area contributed by atoms with Gasteiger partial charge in [0.05, 0.1) is 0 Å². The van der Waals surface area contributed by atoms with E-state index in [4.69, 9.17) is 5.73 Å². The topological polar surface area (TPSA) is 72.9 Å². The Morgan fingerprint density at radius 2 is 2.20 bits per heavy atom. The maximum absolute atomic E-state index is 10.9. The molecule has 2 aromatic heterocycles. The zero-order valence-corrected chi connectivity index (χ0v) is 12.3. The van der Waals surface area contributed by atoms with Gasteiger partial charge in [0.15, 0.2) is 0 Å². The van der Waals surface area contributed by atoms with Gasteiger partial charge in [0.25, 0.3) is 0 Å². The molecule has 0 atom stereocenters. The van der Waals surface area contributed by atoms with Crippen LogP contribution in [-0.4, -0.2) is 21.0 Å². The maximum atomic E-state index is 10.9. The van der Waals surface area contributed by atoms with Crippen molar-refractivity contribution >= 4 is 16.9 Å². The molecule has 0 aromatic carbocycles. The first-order valence-electron chi connectivity index (χ1n) is 6.83. The molecular formula is C15H22N4O. The number of primary amides is 1. The van der Waals surface area contributed by atoms with Crippen LogP contribution in [0.1, 0.15) is 32.8 Å². The molecule has 0 fully saturated rings. The predicted molar refractivity (Wildman–Crippen MR) is 80.1 cm³/mol. The van der Waals surface area contributed by atoms with Crippen molar-refractivity contribution in [2.24, 2.45) is 5.73 Å². The van der Waals surface area contributed by atoms with E-state index in [9.17, 15) is 4.79 Å². The highest BCUT2D eigenvalue weighted by atomic mass is 16.1. The van der Waals surface area contributed by atoms with Crippen LogP contribution in [0.3, 0.4) is 0 Å². The maximum Gasteiger partial charge on any atom is 0.219 e. The Labute approximate surface area is 119 Å². The number of nitrogens with zero attached hydrogens (tertiary/aromatic N) is 2. The van der Waals surface area contributed by atoms with Gasteiger partial charge in [0.1, 0.15) is 5.65 Å². The predicted octanol–water partition coefficient (Wildman–Crippen LogP) is 1.80. The number of fused-ring (bicyclic) bond motifs is 1. The molecule has 2 rings (SSSR count). The lowest BCUT2D eigenvalue weighted by atomic mass is 10.1. The Hall–Kier alpha value is -1.88. The monoisotopic (exact) mass is 274 g/mol. The van der Waals surface area contributed by atoms with Crippen LogP contribution in [0, 0.1) is 0 Å². The van der Waals surface area contributed by atoms with Crippen molar-refractivity contribution in [3.8, 4) is 0 Å². The number of amides is 1. The minimum Gasteiger partial charge on any atom is -0.370 e. The average molecular weight is 274 g/mol. The number of hydrogen-bond donors (Lipinski definition) is 2. The molecule has 0 bridgehead atoms. The molecule has 0 radical (unpaired) electrons. The second-order valence-electron chi connectivity index (χ2n) is 6.04. The zero-order chi connectivity index (χ0) is 14.8. The Balaban J connectivity index is 2.28. The molecule has 2 heterocycles. The highest BCUT2D eigenvalue weighted by Gasteiger charge is 2.13. The van der Waals surface area contributed by atoms with Crippen molar-refractivity contribution in [1.82, 2.24) is 14.9 Å². The summed E-state index contributed by atoms with van der Waals surface area (Å²) in [5.74, 6) is -0.294. The molecule has 0 aliphatic carbocycles. The summed E-state index contributed by atoms with van der Waals surface area (Å²) in [5.41, 5.74) is 7.37. The fourth-order valence-electron chi connectivity index (χ4n) is 2.10. The first-order valence-corrected chi connectivity index (χ1v) is 6.83. The number of carbonyl (C=O) groups is 1. The van der Waals surface area contributed by atoms with E-state index in [1.165, 1.54) is 5.56 Å². The van der Waals surface area contributed by atoms with Crippen LogP contribution in [0.4, 0.5) is 0 Å². The fraction of sp³-hybridized carbons (Fsp3) is 0.467. The summed E-state index contributed by atoms with van der Waals surface area (Å²) in [6, 6.07) is 3.99. The number of carbonyl (C=O) groups excluding carboxylic acids is 1. The number of nitrogens with one attached hydrogen (secondary N) is 1. The van der Waals surface area contributed by atoms with Gasteiger partial charge in [-0.05, 0) is 38.5 Å². The van der Waals surface area contributed by atoms with Crippen molar-refractivity contribution in [1.29, 1.82) is 0 Å². The van der Waals surface area contributed by atoms with Crippen molar-refractivity contribution in [2.75, 3.05) is 0 Å². The Morgan fingerprint density at radius 3 is 2.85 bits per heavy atom. The van der Waals surface area contributed by atoms with Gasteiger partial charge in [-0.25, -0.2) is 4.98 Å². The van der Waals surface area contributed by atoms with E-state index in [1.807, 2.05) is 10.6 Å². The summed E-state index contributed by atoms with van der Waals surface area (Å²) in [7, 11) is 0. The molecule has 1 amide bonds. The molecule has 0 aliphatic rings. The molecule has 0 unspecified atom stereocenters. The number of pyridine rings is 1. The molecule has 0 saturated heterocycles. The zero-order valence-electron chi connectivity index (χ0n) is 12.3. The largest absolute Gasteiger partial charge is 0.370 e. The smallest absolute Gasteiger partial charge is 0.219 e. The number of nitrogens with two attached hydrogens (primary N) is 1. The summed E-state index contributed by atoms with van der Waals surface area (Å²) >= 11 is 0. The first-order chi connectivity index (χ1) is 9.37. The summed E-state index contributed by atoms with van der Waals surface area (Å²) in [4.78, 5) is 15.4. The minimum absolute atomic E-state index is 0.0594. The molecule has 5 heteroatoms. The van der Waals surface area contributed by atoms with Gasteiger partial charge in [-0.15, -0.1) is 0 Å². The second-order valence-corrected chi connectivity index (χ2v) is 6.04. The molecular weight excluding hydrogens is 252 g/mol. The lowest BCUT2D eigenvalue weighted by Crippen LogP contribution is -2.34. The molecule has 0 spiro atoms. The number of hydrogen-bond acceptors (Lipinski definition) is 3. The summed E-state index contributed by atoms with van der Waals surface area (Å²) in [6.07, 6.45) is 4.15.